The summed E-state index contributed by atoms with van der Waals surface area (Å²) in [5.41, 5.74) is 0.940. The van der Waals surface area contributed by atoms with Crippen LogP contribution in [0.4, 0.5) is 9.80 Å². The number of nitrogens with zero attached hydrogens (tertiary/aromatic N) is 1. The summed E-state index contributed by atoms with van der Waals surface area (Å²) in [6.45, 7) is 7.11. The van der Waals surface area contributed by atoms with E-state index < -0.39 is 17.7 Å². The maximum Gasteiger partial charge on any atom is 0.412 e. The van der Waals surface area contributed by atoms with Crippen LogP contribution in [0.5, 0.6) is 0 Å². The van der Waals surface area contributed by atoms with Crippen molar-refractivity contribution in [1.82, 2.24) is 4.98 Å². The number of carbonyl (C=O) groups excluding carboxylic acids is 1. The molecule has 122 valence electrons. The summed E-state index contributed by atoms with van der Waals surface area (Å²) < 4.78 is 5.15. The number of aromatic nitrogens is 1. The first-order chi connectivity index (χ1) is 10.7. The van der Waals surface area contributed by atoms with Crippen LogP contribution in [0.25, 0.3) is 10.6 Å². The van der Waals surface area contributed by atoms with E-state index in [-0.39, 0.29) is 10.7 Å². The number of rotatable bonds is 3. The van der Waals surface area contributed by atoms with Gasteiger partial charge in [-0.25, -0.2) is 14.6 Å². The van der Waals surface area contributed by atoms with Crippen molar-refractivity contribution in [3.05, 3.63) is 35.5 Å². The quantitative estimate of drug-likeness (QED) is 0.879. The van der Waals surface area contributed by atoms with Gasteiger partial charge in [-0.15, -0.1) is 0 Å². The molecule has 0 aliphatic heterocycles. The van der Waals surface area contributed by atoms with Crippen molar-refractivity contribution < 1.29 is 19.4 Å². The first-order valence-corrected chi connectivity index (χ1v) is 7.79. The number of ether oxygens (including phenoxy) is 1. The third-order valence-electron chi connectivity index (χ3n) is 2.82. The summed E-state index contributed by atoms with van der Waals surface area (Å²) in [7, 11) is 0. The molecule has 0 saturated heterocycles. The zero-order valence-electron chi connectivity index (χ0n) is 13.3. The number of thiazole rings is 1. The monoisotopic (exact) mass is 334 g/mol. The first kappa shape index (κ1) is 17.0. The maximum absolute atomic E-state index is 11.9. The average Bonchev–Trinajstić information content (AvgIpc) is 2.80. The molecule has 1 aromatic carbocycles. The van der Waals surface area contributed by atoms with Crippen LogP contribution in [0.3, 0.4) is 0 Å². The largest absolute Gasteiger partial charge is 0.476 e. The van der Waals surface area contributed by atoms with Crippen LogP contribution in [0, 0.1) is 6.92 Å². The van der Waals surface area contributed by atoms with Gasteiger partial charge in [-0.05, 0) is 33.3 Å². The number of carboxylic acids is 1. The van der Waals surface area contributed by atoms with E-state index in [4.69, 9.17) is 4.74 Å². The number of hydrogen-bond donors (Lipinski definition) is 2. The molecule has 0 unspecified atom stereocenters. The predicted octanol–water partition coefficient (Wildman–Crippen LogP) is 4.16. The third-order valence-corrected chi connectivity index (χ3v) is 3.82. The number of aromatic carboxylic acids is 1. The lowest BCUT2D eigenvalue weighted by molar-refractivity contribution is 0.0636. The normalized spacial score (nSPS) is 11.1. The van der Waals surface area contributed by atoms with E-state index in [1.807, 2.05) is 31.2 Å². The van der Waals surface area contributed by atoms with Crippen molar-refractivity contribution in [3.8, 4) is 10.6 Å². The number of hydrogen-bond acceptors (Lipinski definition) is 5. The summed E-state index contributed by atoms with van der Waals surface area (Å²) in [5.74, 6) is -1.20. The van der Waals surface area contributed by atoms with Crippen molar-refractivity contribution >= 4 is 28.4 Å². The fourth-order valence-electron chi connectivity index (χ4n) is 1.87. The molecule has 2 N–H and O–H groups in total. The van der Waals surface area contributed by atoms with E-state index in [0.29, 0.717) is 5.01 Å². The Hall–Kier alpha value is -2.41. The van der Waals surface area contributed by atoms with Gasteiger partial charge in [-0.3, -0.25) is 5.32 Å². The Morgan fingerprint density at radius 1 is 1.26 bits per heavy atom. The van der Waals surface area contributed by atoms with E-state index in [2.05, 4.69) is 10.3 Å². The molecule has 0 radical (unpaired) electrons. The zero-order chi connectivity index (χ0) is 17.2. The van der Waals surface area contributed by atoms with E-state index >= 15 is 0 Å². The van der Waals surface area contributed by atoms with Crippen molar-refractivity contribution in [2.75, 3.05) is 5.32 Å². The lowest BCUT2D eigenvalue weighted by Crippen LogP contribution is -2.27. The molecule has 0 bridgehead atoms. The van der Waals surface area contributed by atoms with E-state index in [1.165, 1.54) is 0 Å². The van der Waals surface area contributed by atoms with Gasteiger partial charge in [0.2, 0.25) is 0 Å². The van der Waals surface area contributed by atoms with Crippen molar-refractivity contribution in [3.63, 3.8) is 0 Å². The molecular weight excluding hydrogens is 316 g/mol. The Bertz CT molecular complexity index is 747. The molecule has 1 amide bonds. The number of aryl methyl sites for hydroxylation is 1. The van der Waals surface area contributed by atoms with Gasteiger partial charge in [0.25, 0.3) is 0 Å². The number of carbonyl (C=O) groups is 2. The van der Waals surface area contributed by atoms with Gasteiger partial charge in [-0.1, -0.05) is 35.6 Å². The van der Waals surface area contributed by atoms with E-state index in [0.717, 1.165) is 22.5 Å². The van der Waals surface area contributed by atoms with Crippen LogP contribution >= 0.6 is 11.3 Å². The van der Waals surface area contributed by atoms with Crippen LogP contribution in [0.2, 0.25) is 0 Å². The standard InChI is InChI=1S/C16H18N2O4S/c1-9-7-5-6-8-10(9)12-17-11(14(19)20)13(23-12)18-15(21)22-16(2,3)4/h5-8H,1-4H3,(H,18,21)(H,19,20). The molecule has 0 saturated carbocycles. The minimum atomic E-state index is -1.20. The van der Waals surface area contributed by atoms with Crippen LogP contribution in [0.1, 0.15) is 36.8 Å². The highest BCUT2D eigenvalue weighted by molar-refractivity contribution is 7.19. The lowest BCUT2D eigenvalue weighted by atomic mass is 10.1. The number of nitrogens with one attached hydrogen (secondary N) is 1. The molecular formula is C16H18N2O4S. The topological polar surface area (TPSA) is 88.5 Å². The van der Waals surface area contributed by atoms with Gasteiger partial charge in [0.05, 0.1) is 0 Å². The maximum atomic E-state index is 11.9. The SMILES string of the molecule is Cc1ccccc1-c1nc(C(=O)O)c(NC(=O)OC(C)(C)C)s1. The van der Waals surface area contributed by atoms with E-state index in [9.17, 15) is 14.7 Å². The lowest BCUT2D eigenvalue weighted by Gasteiger charge is -2.19. The Labute approximate surface area is 138 Å². The predicted molar refractivity (Wildman–Crippen MR) is 89.1 cm³/mol. The van der Waals surface area contributed by atoms with Crippen molar-refractivity contribution in [2.45, 2.75) is 33.3 Å². The fraction of sp³-hybridized carbons (Fsp3) is 0.312. The highest BCUT2D eigenvalue weighted by Gasteiger charge is 2.23. The Kier molecular flexibility index (Phi) is 4.70. The molecule has 2 aromatic rings. The molecule has 0 atom stereocenters. The molecule has 0 fully saturated rings. The molecule has 1 aromatic heterocycles. The smallest absolute Gasteiger partial charge is 0.412 e. The first-order valence-electron chi connectivity index (χ1n) is 6.97. The van der Waals surface area contributed by atoms with Crippen LogP contribution < -0.4 is 5.32 Å². The highest BCUT2D eigenvalue weighted by Crippen LogP contribution is 2.34. The number of benzene rings is 1. The summed E-state index contributed by atoms with van der Waals surface area (Å²) in [5, 5.41) is 12.5. The van der Waals surface area contributed by atoms with Gasteiger partial charge in [0.15, 0.2) is 5.69 Å². The number of anilines is 1. The minimum Gasteiger partial charge on any atom is -0.476 e. The molecule has 7 heteroatoms. The second-order valence-electron chi connectivity index (χ2n) is 5.94. The molecule has 6 nitrogen and oxygen atoms in total. The van der Waals surface area contributed by atoms with Crippen LogP contribution in [-0.2, 0) is 4.74 Å². The van der Waals surface area contributed by atoms with Crippen molar-refractivity contribution in [1.29, 1.82) is 0 Å². The fourth-order valence-corrected chi connectivity index (χ4v) is 2.91. The van der Waals surface area contributed by atoms with Crippen molar-refractivity contribution in [2.24, 2.45) is 0 Å². The summed E-state index contributed by atoms with van der Waals surface area (Å²) in [4.78, 5) is 27.4. The average molecular weight is 334 g/mol. The highest BCUT2D eigenvalue weighted by atomic mass is 32.1. The number of carboxylic acid groups (broad SMARTS) is 1. The van der Waals surface area contributed by atoms with Gasteiger partial charge in [0, 0.05) is 5.56 Å². The summed E-state index contributed by atoms with van der Waals surface area (Å²) in [6, 6.07) is 7.52. The van der Waals surface area contributed by atoms with Crippen LogP contribution in [0.15, 0.2) is 24.3 Å². The zero-order valence-corrected chi connectivity index (χ0v) is 14.2. The summed E-state index contributed by atoms with van der Waals surface area (Å²) in [6.07, 6.45) is -0.708. The molecule has 23 heavy (non-hydrogen) atoms. The van der Waals surface area contributed by atoms with E-state index in [1.54, 1.807) is 20.8 Å². The summed E-state index contributed by atoms with van der Waals surface area (Å²) >= 11 is 1.11. The second kappa shape index (κ2) is 6.37. The Morgan fingerprint density at radius 3 is 2.48 bits per heavy atom. The number of amides is 1. The molecule has 0 spiro atoms. The molecule has 2 rings (SSSR count). The molecule has 1 heterocycles. The molecule has 0 aliphatic carbocycles. The van der Waals surface area contributed by atoms with Gasteiger partial charge < -0.3 is 9.84 Å². The second-order valence-corrected chi connectivity index (χ2v) is 6.94. The van der Waals surface area contributed by atoms with Gasteiger partial charge in [0.1, 0.15) is 15.6 Å². The third kappa shape index (κ3) is 4.29. The Morgan fingerprint density at radius 2 is 1.91 bits per heavy atom. The van der Waals surface area contributed by atoms with Gasteiger partial charge in [-0.2, -0.15) is 0 Å². The van der Waals surface area contributed by atoms with Gasteiger partial charge >= 0.3 is 12.1 Å². The minimum absolute atomic E-state index is 0.157. The van der Waals surface area contributed by atoms with Crippen LogP contribution in [-0.4, -0.2) is 27.8 Å². The molecule has 0 aliphatic rings. The Balaban J connectivity index is 2.35.